The molecule has 3 saturated heterocycles. The molecule has 4 heterocycles. The van der Waals surface area contributed by atoms with Crippen molar-refractivity contribution >= 4 is 35.4 Å². The summed E-state index contributed by atoms with van der Waals surface area (Å²) < 4.78 is 49.6. The van der Waals surface area contributed by atoms with E-state index >= 15 is 0 Å². The highest BCUT2D eigenvalue weighted by Crippen LogP contribution is 2.41. The lowest BCUT2D eigenvalue weighted by Crippen LogP contribution is -2.48. The zero-order valence-corrected chi connectivity index (χ0v) is 26.5. The number of carbonyl (C=O) groups excluding carboxylic acids is 3. The number of aromatic nitrogens is 1. The number of hydrogen-bond acceptors (Lipinski definition) is 7. The second-order valence-corrected chi connectivity index (χ2v) is 13.3. The van der Waals surface area contributed by atoms with Crippen LogP contribution in [0.15, 0.2) is 30.3 Å². The predicted molar refractivity (Wildman–Crippen MR) is 167 cm³/mol. The number of halogens is 3. The van der Waals surface area contributed by atoms with Crippen molar-refractivity contribution in [2.45, 2.75) is 65.3 Å². The molecule has 0 aliphatic carbocycles. The van der Waals surface area contributed by atoms with Crippen molar-refractivity contribution in [3.8, 4) is 11.1 Å². The molecule has 0 radical (unpaired) electrons. The molecule has 3 N–H and O–H groups in total. The molecule has 3 aliphatic rings. The number of hydrogen-bond donors (Lipinski definition) is 2. The summed E-state index contributed by atoms with van der Waals surface area (Å²) in [6, 6.07) is 8.15. The third-order valence-corrected chi connectivity index (χ3v) is 8.70. The molecule has 1 unspecified atom stereocenters. The van der Waals surface area contributed by atoms with Crippen LogP contribution in [-0.4, -0.2) is 85.6 Å². The van der Waals surface area contributed by atoms with Gasteiger partial charge >= 0.3 is 18.3 Å². The van der Waals surface area contributed by atoms with Crippen molar-refractivity contribution in [1.29, 1.82) is 0 Å². The van der Waals surface area contributed by atoms with Crippen molar-refractivity contribution in [1.82, 2.24) is 9.88 Å². The molecule has 5 rings (SSSR count). The molecule has 14 heteroatoms. The molecule has 0 bridgehead atoms. The first kappa shape index (κ1) is 33.3. The maximum Gasteiger partial charge on any atom is 0.404 e. The van der Waals surface area contributed by atoms with Gasteiger partial charge < -0.3 is 30.3 Å². The number of nitrogens with one attached hydrogen (secondary N) is 1. The summed E-state index contributed by atoms with van der Waals surface area (Å²) in [5, 5.41) is 2.85. The van der Waals surface area contributed by atoms with Gasteiger partial charge in [0, 0.05) is 38.3 Å². The Morgan fingerprint density at radius 3 is 2.43 bits per heavy atom. The molecule has 0 spiro atoms. The Balaban J connectivity index is 1.49. The standard InChI is InChI=1S/C32H41F3N6O5/c1-19-5-6-22(37-30(44)40-8-7-20(18-40)17-32(33,34)35)15-23(19)21-13-25(39-9-11-45-12-10-39)38-26(14-21)41-27(42)16-24(46-29(36)43)28(41)31(2,3)4/h5-6,13-15,20,24,28H,7-12,16-18H2,1-4H3,(H2,36,43)(H,37,44)/t20-,24?,28-/m0/s1. The Labute approximate surface area is 266 Å². The summed E-state index contributed by atoms with van der Waals surface area (Å²) in [6.07, 6.45) is -6.63. The Kier molecular flexibility index (Phi) is 9.39. The van der Waals surface area contributed by atoms with Crippen LogP contribution in [-0.2, 0) is 14.3 Å². The summed E-state index contributed by atoms with van der Waals surface area (Å²) in [6.45, 7) is 10.3. The number of rotatable bonds is 6. The van der Waals surface area contributed by atoms with Crippen molar-refractivity contribution in [2.24, 2.45) is 17.1 Å². The molecule has 3 aliphatic heterocycles. The van der Waals surface area contributed by atoms with Gasteiger partial charge in [0.1, 0.15) is 17.7 Å². The van der Waals surface area contributed by atoms with Gasteiger partial charge in [-0.2, -0.15) is 13.2 Å². The first-order chi connectivity index (χ1) is 21.6. The maximum atomic E-state index is 13.5. The van der Waals surface area contributed by atoms with E-state index in [4.69, 9.17) is 20.2 Å². The number of anilines is 3. The average molecular weight is 647 g/mol. The van der Waals surface area contributed by atoms with Crippen LogP contribution in [0.3, 0.4) is 0 Å². The van der Waals surface area contributed by atoms with Crippen molar-refractivity contribution in [2.75, 3.05) is 54.5 Å². The first-order valence-corrected chi connectivity index (χ1v) is 15.5. The van der Waals surface area contributed by atoms with Crippen LogP contribution in [0.25, 0.3) is 11.1 Å². The number of likely N-dealkylation sites (tertiary alicyclic amines) is 1. The number of nitrogens with zero attached hydrogens (tertiary/aromatic N) is 4. The number of carbonyl (C=O) groups is 3. The second kappa shape index (κ2) is 13.0. The topological polar surface area (TPSA) is 130 Å². The number of aryl methyl sites for hydroxylation is 1. The van der Waals surface area contributed by atoms with Crippen molar-refractivity contribution in [3.05, 3.63) is 35.9 Å². The fourth-order valence-corrected chi connectivity index (χ4v) is 6.63. The number of amides is 4. The molecule has 2 aromatic rings. The van der Waals surface area contributed by atoms with E-state index in [0.29, 0.717) is 50.0 Å². The number of primary amides is 1. The third kappa shape index (κ3) is 7.65. The number of nitrogens with two attached hydrogens (primary N) is 1. The molecule has 250 valence electrons. The largest absolute Gasteiger partial charge is 0.444 e. The van der Waals surface area contributed by atoms with Crippen LogP contribution >= 0.6 is 0 Å². The zero-order valence-electron chi connectivity index (χ0n) is 26.5. The summed E-state index contributed by atoms with van der Waals surface area (Å²) in [4.78, 5) is 48.3. The van der Waals surface area contributed by atoms with E-state index in [2.05, 4.69) is 10.2 Å². The quantitative estimate of drug-likeness (QED) is 0.435. The zero-order chi connectivity index (χ0) is 33.4. The van der Waals surface area contributed by atoms with Gasteiger partial charge in [-0.1, -0.05) is 26.8 Å². The summed E-state index contributed by atoms with van der Waals surface area (Å²) in [5.74, 6) is 0.153. The summed E-state index contributed by atoms with van der Waals surface area (Å²) in [5.41, 5.74) is 7.75. The van der Waals surface area contributed by atoms with E-state index in [1.807, 2.05) is 52.0 Å². The van der Waals surface area contributed by atoms with Gasteiger partial charge in [0.15, 0.2) is 0 Å². The highest BCUT2D eigenvalue weighted by Gasteiger charge is 2.49. The number of ether oxygens (including phenoxy) is 2. The Morgan fingerprint density at radius 1 is 1.09 bits per heavy atom. The molecule has 11 nitrogen and oxygen atoms in total. The molecule has 1 aromatic heterocycles. The minimum absolute atomic E-state index is 0.0372. The van der Waals surface area contributed by atoms with E-state index in [0.717, 1.165) is 16.7 Å². The van der Waals surface area contributed by atoms with E-state index in [-0.39, 0.29) is 25.4 Å². The normalized spacial score (nSPS) is 22.4. The van der Waals surface area contributed by atoms with Crippen LogP contribution in [0, 0.1) is 18.3 Å². The molecular weight excluding hydrogens is 605 g/mol. The van der Waals surface area contributed by atoms with Crippen molar-refractivity contribution < 1.29 is 37.0 Å². The van der Waals surface area contributed by atoms with Gasteiger partial charge in [-0.3, -0.25) is 9.69 Å². The van der Waals surface area contributed by atoms with Gasteiger partial charge in [-0.25, -0.2) is 14.6 Å². The second-order valence-electron chi connectivity index (χ2n) is 13.3. The molecule has 3 fully saturated rings. The van der Waals surface area contributed by atoms with Gasteiger partial charge in [-0.05, 0) is 65.6 Å². The Bertz CT molecular complexity index is 1470. The van der Waals surface area contributed by atoms with Crippen molar-refractivity contribution in [3.63, 3.8) is 0 Å². The van der Waals surface area contributed by atoms with Gasteiger partial charge in [0.05, 0.1) is 25.7 Å². The van der Waals surface area contributed by atoms with E-state index in [9.17, 15) is 27.6 Å². The number of alkyl halides is 3. The molecule has 3 atom stereocenters. The van der Waals surface area contributed by atoms with Gasteiger partial charge in [0.2, 0.25) is 5.91 Å². The number of benzene rings is 1. The van der Waals surface area contributed by atoms with E-state index < -0.39 is 48.2 Å². The highest BCUT2D eigenvalue weighted by atomic mass is 19.4. The Morgan fingerprint density at radius 2 is 1.78 bits per heavy atom. The van der Waals surface area contributed by atoms with Crippen LogP contribution < -0.4 is 20.9 Å². The third-order valence-electron chi connectivity index (χ3n) is 8.70. The molecule has 46 heavy (non-hydrogen) atoms. The van der Waals surface area contributed by atoms with Gasteiger partial charge in [-0.15, -0.1) is 0 Å². The lowest BCUT2D eigenvalue weighted by Gasteiger charge is -2.37. The molecule has 4 amide bonds. The SMILES string of the molecule is Cc1ccc(NC(=O)N2CC[C@@H](CC(F)(F)F)C2)cc1-c1cc(N2CCOCC2)nc(N2C(=O)CC(OC(N)=O)[C@H]2C(C)(C)C)c1. The number of urea groups is 1. The average Bonchev–Trinajstić information content (AvgIpc) is 3.56. The number of morpholine rings is 1. The van der Waals surface area contributed by atoms with E-state index in [1.165, 1.54) is 4.90 Å². The fourth-order valence-electron chi connectivity index (χ4n) is 6.63. The highest BCUT2D eigenvalue weighted by molar-refractivity contribution is 5.98. The minimum atomic E-state index is -4.27. The molecule has 0 saturated carbocycles. The monoisotopic (exact) mass is 646 g/mol. The Hall–Kier alpha value is -4.07. The summed E-state index contributed by atoms with van der Waals surface area (Å²) >= 11 is 0. The van der Waals surface area contributed by atoms with Gasteiger partial charge in [0.25, 0.3) is 0 Å². The van der Waals surface area contributed by atoms with Crippen LogP contribution in [0.5, 0.6) is 0 Å². The lowest BCUT2D eigenvalue weighted by molar-refractivity contribution is -0.143. The van der Waals surface area contributed by atoms with Crippen LogP contribution in [0.4, 0.5) is 40.1 Å². The first-order valence-electron chi connectivity index (χ1n) is 15.5. The maximum absolute atomic E-state index is 13.5. The van der Waals surface area contributed by atoms with E-state index in [1.54, 1.807) is 11.0 Å². The predicted octanol–water partition coefficient (Wildman–Crippen LogP) is 5.32. The van der Waals surface area contributed by atoms with Crippen LogP contribution in [0.1, 0.15) is 45.6 Å². The molecular formula is C32H41F3N6O5. The van der Waals surface area contributed by atoms with Crippen LogP contribution in [0.2, 0.25) is 0 Å². The molecule has 1 aromatic carbocycles. The minimum Gasteiger partial charge on any atom is -0.444 e. The smallest absolute Gasteiger partial charge is 0.404 e. The summed E-state index contributed by atoms with van der Waals surface area (Å²) in [7, 11) is 0. The number of pyridine rings is 1. The lowest BCUT2D eigenvalue weighted by atomic mass is 9.83. The fraction of sp³-hybridized carbons (Fsp3) is 0.562.